The van der Waals surface area contributed by atoms with Gasteiger partial charge >= 0.3 is 5.97 Å². The maximum absolute atomic E-state index is 11.4. The zero-order valence-corrected chi connectivity index (χ0v) is 15.0. The van der Waals surface area contributed by atoms with Crippen molar-refractivity contribution in [3.8, 4) is 0 Å². The van der Waals surface area contributed by atoms with E-state index in [-0.39, 0.29) is 19.1 Å². The van der Waals surface area contributed by atoms with E-state index >= 15 is 0 Å². The Morgan fingerprint density at radius 1 is 0.870 bits per heavy atom. The number of azide groups is 1. The van der Waals surface area contributed by atoms with Crippen LogP contribution >= 0.6 is 0 Å². The average molecular weight is 325 g/mol. The lowest BCUT2D eigenvalue weighted by Crippen LogP contribution is -2.07. The fourth-order valence-electron chi connectivity index (χ4n) is 2.60. The van der Waals surface area contributed by atoms with Crippen LogP contribution in [0.4, 0.5) is 0 Å². The molecule has 0 bridgehead atoms. The molecular weight excluding hydrogens is 290 g/mol. The number of carbonyl (C=O) groups excluding carboxylic acids is 1. The standard InChI is InChI=1S/C18H35N3O2/c1-2-3-4-5-6-7-8-9-10-11-12-13-14-15-18(22)23-17-16-20-21-19/h2-17H2,1H3. The van der Waals surface area contributed by atoms with Crippen LogP contribution in [0.2, 0.25) is 0 Å². The van der Waals surface area contributed by atoms with Gasteiger partial charge in [-0.2, -0.15) is 0 Å². The normalized spacial score (nSPS) is 10.3. The van der Waals surface area contributed by atoms with E-state index in [9.17, 15) is 4.79 Å². The Kier molecular flexibility index (Phi) is 17.8. The molecule has 0 atom stereocenters. The van der Waals surface area contributed by atoms with Gasteiger partial charge in [-0.25, -0.2) is 0 Å². The van der Waals surface area contributed by atoms with E-state index in [2.05, 4.69) is 16.9 Å². The van der Waals surface area contributed by atoms with Crippen molar-refractivity contribution >= 4 is 5.97 Å². The SMILES string of the molecule is CCCCCCCCCCCCCCCC(=O)OCCN=[N+]=[N-]. The summed E-state index contributed by atoms with van der Waals surface area (Å²) in [5.74, 6) is -0.179. The highest BCUT2D eigenvalue weighted by atomic mass is 16.5. The Bertz CT molecular complexity index is 315. The second-order valence-corrected chi connectivity index (χ2v) is 6.17. The highest BCUT2D eigenvalue weighted by Gasteiger charge is 2.01. The predicted molar refractivity (Wildman–Crippen MR) is 95.3 cm³/mol. The van der Waals surface area contributed by atoms with Crippen LogP contribution in [-0.2, 0) is 9.53 Å². The molecule has 0 radical (unpaired) electrons. The lowest BCUT2D eigenvalue weighted by Gasteiger charge is -2.04. The summed E-state index contributed by atoms with van der Waals surface area (Å²) >= 11 is 0. The van der Waals surface area contributed by atoms with Crippen LogP contribution in [0.15, 0.2) is 5.11 Å². The molecule has 0 spiro atoms. The molecule has 0 amide bonds. The van der Waals surface area contributed by atoms with E-state index in [1.54, 1.807) is 0 Å². The molecule has 134 valence electrons. The summed E-state index contributed by atoms with van der Waals surface area (Å²) in [5, 5.41) is 3.32. The monoisotopic (exact) mass is 325 g/mol. The number of nitrogens with zero attached hydrogens (tertiary/aromatic N) is 3. The van der Waals surface area contributed by atoms with Crippen molar-refractivity contribution in [1.82, 2.24) is 0 Å². The Balaban J connectivity index is 3.12. The summed E-state index contributed by atoms with van der Waals surface area (Å²) in [6, 6.07) is 0. The first-order chi connectivity index (χ1) is 11.3. The molecule has 0 saturated carbocycles. The number of hydrogen-bond donors (Lipinski definition) is 0. The molecule has 0 aromatic heterocycles. The molecule has 23 heavy (non-hydrogen) atoms. The van der Waals surface area contributed by atoms with Crippen LogP contribution in [0.1, 0.15) is 96.8 Å². The van der Waals surface area contributed by atoms with Crippen molar-refractivity contribution in [2.45, 2.75) is 96.8 Å². The van der Waals surface area contributed by atoms with Gasteiger partial charge in [0.05, 0.1) is 13.2 Å². The van der Waals surface area contributed by atoms with Crippen molar-refractivity contribution in [2.75, 3.05) is 13.2 Å². The summed E-state index contributed by atoms with van der Waals surface area (Å²) in [4.78, 5) is 14.0. The van der Waals surface area contributed by atoms with Crippen molar-refractivity contribution in [3.63, 3.8) is 0 Å². The third-order valence-corrected chi connectivity index (χ3v) is 4.00. The Labute approximate surface area is 141 Å². The molecule has 0 unspecified atom stereocenters. The third kappa shape index (κ3) is 18.7. The van der Waals surface area contributed by atoms with E-state index in [0.717, 1.165) is 12.8 Å². The maximum Gasteiger partial charge on any atom is 0.305 e. The third-order valence-electron chi connectivity index (χ3n) is 4.00. The molecule has 0 aromatic rings. The highest BCUT2D eigenvalue weighted by molar-refractivity contribution is 5.69. The predicted octanol–water partition coefficient (Wildman–Crippen LogP) is 6.32. The lowest BCUT2D eigenvalue weighted by molar-refractivity contribution is -0.143. The molecule has 0 aliphatic carbocycles. The number of ether oxygens (including phenoxy) is 1. The van der Waals surface area contributed by atoms with Gasteiger partial charge < -0.3 is 4.74 Å². The summed E-state index contributed by atoms with van der Waals surface area (Å²) in [7, 11) is 0. The molecule has 0 aliphatic rings. The minimum Gasteiger partial charge on any atom is -0.466 e. The Morgan fingerprint density at radius 3 is 1.83 bits per heavy atom. The van der Waals surface area contributed by atoms with E-state index in [4.69, 9.17) is 10.3 Å². The first kappa shape index (κ1) is 21.8. The van der Waals surface area contributed by atoms with Gasteiger partial charge in [-0.3, -0.25) is 4.79 Å². The van der Waals surface area contributed by atoms with Gasteiger partial charge in [-0.15, -0.1) is 0 Å². The number of esters is 1. The minimum absolute atomic E-state index is 0.179. The molecule has 0 heterocycles. The summed E-state index contributed by atoms with van der Waals surface area (Å²) in [5.41, 5.74) is 8.08. The second kappa shape index (κ2) is 18.8. The molecule has 5 heteroatoms. The number of hydrogen-bond acceptors (Lipinski definition) is 3. The van der Waals surface area contributed by atoms with Crippen molar-refractivity contribution in [1.29, 1.82) is 0 Å². The van der Waals surface area contributed by atoms with Gasteiger partial charge in [-0.1, -0.05) is 89.1 Å². The van der Waals surface area contributed by atoms with Gasteiger partial charge in [-0.05, 0) is 12.0 Å². The highest BCUT2D eigenvalue weighted by Crippen LogP contribution is 2.13. The summed E-state index contributed by atoms with van der Waals surface area (Å²) in [6.07, 6.45) is 17.4. The van der Waals surface area contributed by atoms with Crippen LogP contribution in [-0.4, -0.2) is 19.1 Å². The number of carbonyl (C=O) groups is 1. The quantitative estimate of drug-likeness (QED) is 0.103. The first-order valence-corrected chi connectivity index (χ1v) is 9.47. The molecule has 0 rings (SSSR count). The topological polar surface area (TPSA) is 75.1 Å². The maximum atomic E-state index is 11.4. The number of unbranched alkanes of at least 4 members (excludes halogenated alkanes) is 12. The van der Waals surface area contributed by atoms with Crippen LogP contribution in [0.25, 0.3) is 10.4 Å². The largest absolute Gasteiger partial charge is 0.466 e. The fraction of sp³-hybridized carbons (Fsp3) is 0.944. The second-order valence-electron chi connectivity index (χ2n) is 6.17. The van der Waals surface area contributed by atoms with Crippen LogP contribution in [0.3, 0.4) is 0 Å². The minimum atomic E-state index is -0.179. The van der Waals surface area contributed by atoms with Gasteiger partial charge in [0, 0.05) is 11.3 Å². The van der Waals surface area contributed by atoms with E-state index in [1.165, 1.54) is 70.6 Å². The van der Waals surface area contributed by atoms with E-state index in [0.29, 0.717) is 6.42 Å². The Hall–Kier alpha value is -1.22. The summed E-state index contributed by atoms with van der Waals surface area (Å²) in [6.45, 7) is 2.68. The zero-order chi connectivity index (χ0) is 17.0. The zero-order valence-electron chi connectivity index (χ0n) is 15.0. The van der Waals surface area contributed by atoms with E-state index in [1.807, 2.05) is 0 Å². The smallest absolute Gasteiger partial charge is 0.305 e. The van der Waals surface area contributed by atoms with Gasteiger partial charge in [0.25, 0.3) is 0 Å². The molecule has 5 nitrogen and oxygen atoms in total. The molecular formula is C18H35N3O2. The average Bonchev–Trinajstić information content (AvgIpc) is 2.56. The van der Waals surface area contributed by atoms with Crippen LogP contribution in [0, 0.1) is 0 Å². The molecule has 0 N–H and O–H groups in total. The molecule has 0 fully saturated rings. The van der Waals surface area contributed by atoms with Crippen molar-refractivity contribution in [2.24, 2.45) is 5.11 Å². The van der Waals surface area contributed by atoms with E-state index < -0.39 is 0 Å². The van der Waals surface area contributed by atoms with Crippen molar-refractivity contribution < 1.29 is 9.53 Å². The summed E-state index contributed by atoms with van der Waals surface area (Å²) < 4.78 is 4.95. The number of rotatable bonds is 17. The van der Waals surface area contributed by atoms with Gasteiger partial charge in [0.2, 0.25) is 0 Å². The first-order valence-electron chi connectivity index (χ1n) is 9.47. The van der Waals surface area contributed by atoms with Crippen molar-refractivity contribution in [3.05, 3.63) is 10.4 Å². The lowest BCUT2D eigenvalue weighted by atomic mass is 10.0. The fourth-order valence-corrected chi connectivity index (χ4v) is 2.60. The molecule has 0 aliphatic heterocycles. The molecule has 0 saturated heterocycles. The van der Waals surface area contributed by atoms with Crippen LogP contribution < -0.4 is 0 Å². The van der Waals surface area contributed by atoms with Gasteiger partial charge in [0.1, 0.15) is 0 Å². The molecule has 0 aromatic carbocycles. The van der Waals surface area contributed by atoms with Gasteiger partial charge in [0.15, 0.2) is 0 Å². The van der Waals surface area contributed by atoms with Crippen LogP contribution in [0.5, 0.6) is 0 Å². The Morgan fingerprint density at radius 2 is 1.35 bits per heavy atom.